The van der Waals surface area contributed by atoms with E-state index in [0.717, 1.165) is 6.20 Å². The number of hydrogen-bond acceptors (Lipinski definition) is 12. The van der Waals surface area contributed by atoms with Gasteiger partial charge in [-0.25, -0.2) is 9.78 Å². The fraction of sp³-hybridized carbons (Fsp3) is 0.455. The lowest BCUT2D eigenvalue weighted by Gasteiger charge is -2.39. The summed E-state index contributed by atoms with van der Waals surface area (Å²) in [4.78, 5) is 54.6. The number of nitro groups is 1. The number of allylic oxidation sites excluding steroid dienone is 2. The zero-order valence-electron chi connectivity index (χ0n) is 19.6. The molecule has 1 amide bonds. The van der Waals surface area contributed by atoms with E-state index in [9.17, 15) is 24.5 Å². The van der Waals surface area contributed by atoms with Crippen molar-refractivity contribution in [2.24, 2.45) is 11.7 Å². The van der Waals surface area contributed by atoms with Crippen LogP contribution in [0.4, 0.5) is 16.3 Å². The smallest absolute Gasteiger partial charge is 0.404 e. The molecule has 3 unspecified atom stereocenters. The molecule has 3 aliphatic heterocycles. The lowest BCUT2D eigenvalue weighted by Crippen LogP contribution is -2.55. The summed E-state index contributed by atoms with van der Waals surface area (Å²) in [5.41, 5.74) is 5.02. The molecule has 190 valence electrons. The van der Waals surface area contributed by atoms with Crippen LogP contribution in [0.1, 0.15) is 6.92 Å². The quantitative estimate of drug-likeness (QED) is 0.111. The zero-order chi connectivity index (χ0) is 25.8. The molecule has 0 spiro atoms. The van der Waals surface area contributed by atoms with Crippen LogP contribution < -0.4 is 21.7 Å². The average Bonchev–Trinajstić information content (AvgIpc) is 3.46. The first-order valence-corrected chi connectivity index (χ1v) is 11.3. The Labute approximate surface area is 205 Å². The number of carbonyl (C=O) groups is 3. The molecule has 1 aliphatic carbocycles. The van der Waals surface area contributed by atoms with Crippen LogP contribution in [0.25, 0.3) is 0 Å². The number of ketones is 2. The second-order valence-corrected chi connectivity index (χ2v) is 8.93. The Morgan fingerprint density at radius 3 is 2.72 bits per heavy atom. The predicted octanol–water partition coefficient (Wildman–Crippen LogP) is -0.605. The molecule has 14 nitrogen and oxygen atoms in total. The standard InChI is InChI=1S/C22H25N7O7/c1-10-16(25-6-5-24-14-4-3-11(7-26-14)29(33)34)19(31)15-12(9-36-21(23)32)22(35-2)20-13(27-20)8-28(22)17(15)18(10)30/h3-4,7,12-13,20,25,27H,5-6,8-9H2,1-2H3,(H2,23,32)(H,24,26)/t12?,13?,20?,22-/m1/s1. The predicted molar refractivity (Wildman–Crippen MR) is 123 cm³/mol. The number of piperazine rings is 1. The van der Waals surface area contributed by atoms with Gasteiger partial charge in [0.05, 0.1) is 28.3 Å². The zero-order valence-corrected chi connectivity index (χ0v) is 19.6. The maximum Gasteiger partial charge on any atom is 0.404 e. The Morgan fingerprint density at radius 1 is 1.33 bits per heavy atom. The molecule has 4 atom stereocenters. The maximum atomic E-state index is 13.7. The summed E-state index contributed by atoms with van der Waals surface area (Å²) in [5, 5.41) is 20.1. The number of aromatic nitrogens is 1. The van der Waals surface area contributed by atoms with E-state index in [-0.39, 0.29) is 65.0 Å². The van der Waals surface area contributed by atoms with Gasteiger partial charge in [0.25, 0.3) is 5.69 Å². The van der Waals surface area contributed by atoms with Gasteiger partial charge in [-0.3, -0.25) is 19.7 Å². The summed E-state index contributed by atoms with van der Waals surface area (Å²) >= 11 is 0. The van der Waals surface area contributed by atoms with Crippen LogP contribution in [-0.4, -0.2) is 83.6 Å². The lowest BCUT2D eigenvalue weighted by atomic mass is 9.82. The van der Waals surface area contributed by atoms with E-state index in [4.69, 9.17) is 15.2 Å². The molecule has 0 radical (unpaired) electrons. The molecule has 1 aromatic rings. The normalized spacial score (nSPS) is 28.1. The Hall–Kier alpha value is -4.04. The number of nitrogens with two attached hydrogens (primary N) is 1. The van der Waals surface area contributed by atoms with Gasteiger partial charge in [-0.1, -0.05) is 0 Å². The van der Waals surface area contributed by atoms with Crippen LogP contribution in [0.3, 0.4) is 0 Å². The second-order valence-electron chi connectivity index (χ2n) is 8.93. The van der Waals surface area contributed by atoms with Gasteiger partial charge in [-0.15, -0.1) is 0 Å². The van der Waals surface area contributed by atoms with E-state index in [1.165, 1.54) is 19.2 Å². The van der Waals surface area contributed by atoms with Crippen molar-refractivity contribution in [2.45, 2.75) is 24.7 Å². The Morgan fingerprint density at radius 2 is 2.08 bits per heavy atom. The van der Waals surface area contributed by atoms with Crippen molar-refractivity contribution in [2.75, 3.05) is 38.7 Å². The summed E-state index contributed by atoms with van der Waals surface area (Å²) in [5.74, 6) is -0.936. The number of rotatable bonds is 9. The van der Waals surface area contributed by atoms with Gasteiger partial charge in [-0.05, 0) is 13.0 Å². The fourth-order valence-electron chi connectivity index (χ4n) is 5.48. The molecule has 4 heterocycles. The summed E-state index contributed by atoms with van der Waals surface area (Å²) in [6.07, 6.45) is 0.163. The Balaban J connectivity index is 1.33. The van der Waals surface area contributed by atoms with E-state index in [1.807, 2.05) is 4.90 Å². The van der Waals surface area contributed by atoms with Crippen LogP contribution in [0.2, 0.25) is 0 Å². The Kier molecular flexibility index (Phi) is 5.64. The molecule has 4 aliphatic rings. The lowest BCUT2D eigenvalue weighted by molar-refractivity contribution is -0.385. The van der Waals surface area contributed by atoms with Gasteiger partial charge in [0.15, 0.2) is 5.72 Å². The number of nitrogens with one attached hydrogen (secondary N) is 3. The first kappa shape index (κ1) is 23.7. The highest BCUT2D eigenvalue weighted by Crippen LogP contribution is 2.55. The number of amides is 1. The van der Waals surface area contributed by atoms with Crippen LogP contribution in [0.5, 0.6) is 0 Å². The van der Waals surface area contributed by atoms with Crippen molar-refractivity contribution in [3.8, 4) is 0 Å². The summed E-state index contributed by atoms with van der Waals surface area (Å²) in [6, 6.07) is 2.80. The van der Waals surface area contributed by atoms with E-state index in [0.29, 0.717) is 18.9 Å². The number of ether oxygens (including phenoxy) is 2. The Bertz CT molecular complexity index is 1230. The second kappa shape index (κ2) is 8.57. The highest BCUT2D eigenvalue weighted by Gasteiger charge is 2.72. The number of anilines is 1. The third-order valence-electron chi connectivity index (χ3n) is 7.12. The average molecular weight is 499 g/mol. The van der Waals surface area contributed by atoms with Crippen molar-refractivity contribution < 1.29 is 28.8 Å². The monoisotopic (exact) mass is 499 g/mol. The molecule has 2 saturated heterocycles. The van der Waals surface area contributed by atoms with E-state index in [2.05, 4.69) is 20.9 Å². The number of fused-ring (bicyclic) bond motifs is 4. The summed E-state index contributed by atoms with van der Waals surface area (Å²) in [6.45, 7) is 2.47. The molecule has 0 saturated carbocycles. The molecular formula is C22H25N7O7. The summed E-state index contributed by atoms with van der Waals surface area (Å²) < 4.78 is 11.0. The van der Waals surface area contributed by atoms with E-state index >= 15 is 0 Å². The molecule has 5 rings (SSSR count). The van der Waals surface area contributed by atoms with Gasteiger partial charge in [-0.2, -0.15) is 0 Å². The topological polar surface area (TPSA) is 201 Å². The summed E-state index contributed by atoms with van der Waals surface area (Å²) in [7, 11) is 1.51. The van der Waals surface area contributed by atoms with Crippen LogP contribution in [-0.2, 0) is 19.1 Å². The highest BCUT2D eigenvalue weighted by molar-refractivity contribution is 6.25. The van der Waals surface area contributed by atoms with Crippen molar-refractivity contribution >= 4 is 29.2 Å². The molecule has 0 aromatic carbocycles. The molecule has 14 heteroatoms. The number of carbonyl (C=O) groups excluding carboxylic acids is 3. The fourth-order valence-corrected chi connectivity index (χ4v) is 5.48. The minimum Gasteiger partial charge on any atom is -0.449 e. The minimum absolute atomic E-state index is 0.112. The molecule has 5 N–H and O–H groups in total. The molecule has 0 bridgehead atoms. The molecular weight excluding hydrogens is 474 g/mol. The van der Waals surface area contributed by atoms with Crippen LogP contribution >= 0.6 is 0 Å². The largest absolute Gasteiger partial charge is 0.449 e. The van der Waals surface area contributed by atoms with E-state index < -0.39 is 22.7 Å². The number of methoxy groups -OCH3 is 1. The maximum absolute atomic E-state index is 13.7. The SMILES string of the molecule is CO[C@@]12C(COC(N)=O)C3=C(C(=O)C(C)=C(NCCNc4ccc([N+](=O)[O-])cn4)C3=O)N1CC1NC12. The van der Waals surface area contributed by atoms with E-state index in [1.54, 1.807) is 6.92 Å². The number of primary amides is 1. The van der Waals surface area contributed by atoms with Gasteiger partial charge < -0.3 is 36.1 Å². The third kappa shape index (κ3) is 3.48. The van der Waals surface area contributed by atoms with Crippen molar-refractivity contribution in [3.05, 3.63) is 51.0 Å². The molecule has 2 fully saturated rings. The van der Waals surface area contributed by atoms with Gasteiger partial charge >= 0.3 is 6.09 Å². The van der Waals surface area contributed by atoms with Crippen LogP contribution in [0.15, 0.2) is 40.9 Å². The van der Waals surface area contributed by atoms with Gasteiger partial charge in [0.1, 0.15) is 18.6 Å². The molecule has 36 heavy (non-hydrogen) atoms. The van der Waals surface area contributed by atoms with Crippen molar-refractivity contribution in [1.82, 2.24) is 20.5 Å². The molecule has 1 aromatic heterocycles. The number of Topliss-reactive ketones (excluding diaryl/α,β-unsaturated/α-hetero) is 2. The number of pyridine rings is 1. The number of hydrogen-bond donors (Lipinski definition) is 4. The van der Waals surface area contributed by atoms with Crippen LogP contribution in [0, 0.1) is 16.0 Å². The van der Waals surface area contributed by atoms with Crippen molar-refractivity contribution in [1.29, 1.82) is 0 Å². The highest BCUT2D eigenvalue weighted by atomic mass is 16.6. The van der Waals surface area contributed by atoms with Gasteiger partial charge in [0, 0.05) is 50.0 Å². The first-order valence-electron chi connectivity index (χ1n) is 11.3. The minimum atomic E-state index is -1.03. The number of nitrogens with zero attached hydrogens (tertiary/aromatic N) is 3. The first-order chi connectivity index (χ1) is 17.2. The third-order valence-corrected chi connectivity index (χ3v) is 7.12. The van der Waals surface area contributed by atoms with Crippen molar-refractivity contribution in [3.63, 3.8) is 0 Å². The van der Waals surface area contributed by atoms with Gasteiger partial charge in [0.2, 0.25) is 11.6 Å².